The Hall–Kier alpha value is -2.13. The zero-order valence-corrected chi connectivity index (χ0v) is 9.04. The first kappa shape index (κ1) is 11.4. The highest BCUT2D eigenvalue weighted by molar-refractivity contribution is 5.66. The van der Waals surface area contributed by atoms with Crippen molar-refractivity contribution in [2.24, 2.45) is 0 Å². The van der Waals surface area contributed by atoms with E-state index in [0.29, 0.717) is 30.8 Å². The van der Waals surface area contributed by atoms with Gasteiger partial charge >= 0.3 is 0 Å². The van der Waals surface area contributed by atoms with Gasteiger partial charge < -0.3 is 10.0 Å². The molecule has 6 nitrogen and oxygen atoms in total. The van der Waals surface area contributed by atoms with Gasteiger partial charge in [0.1, 0.15) is 5.69 Å². The van der Waals surface area contributed by atoms with Gasteiger partial charge in [-0.3, -0.25) is 10.1 Å². The smallest absolute Gasteiger partial charge is 0.292 e. The van der Waals surface area contributed by atoms with Crippen molar-refractivity contribution in [1.82, 2.24) is 0 Å². The molecule has 17 heavy (non-hydrogen) atoms. The van der Waals surface area contributed by atoms with E-state index >= 15 is 0 Å². The summed E-state index contributed by atoms with van der Waals surface area (Å²) in [7, 11) is 0. The number of rotatable bonds is 2. The van der Waals surface area contributed by atoms with Crippen LogP contribution in [0.1, 0.15) is 12.0 Å². The van der Waals surface area contributed by atoms with E-state index in [1.807, 2.05) is 6.07 Å². The molecular formula is C11H11N3O3. The Labute approximate surface area is 97.8 Å². The van der Waals surface area contributed by atoms with E-state index in [4.69, 9.17) is 5.26 Å². The lowest BCUT2D eigenvalue weighted by Crippen LogP contribution is -2.22. The monoisotopic (exact) mass is 233 g/mol. The van der Waals surface area contributed by atoms with Crippen LogP contribution in [0.25, 0.3) is 0 Å². The molecule has 0 saturated carbocycles. The van der Waals surface area contributed by atoms with Gasteiger partial charge in [-0.15, -0.1) is 0 Å². The maximum absolute atomic E-state index is 10.9. The Balaban J connectivity index is 2.42. The lowest BCUT2D eigenvalue weighted by Gasteiger charge is -2.17. The number of nitrogens with zero attached hydrogens (tertiary/aromatic N) is 3. The number of hydrogen-bond donors (Lipinski definition) is 1. The standard InChI is InChI=1S/C11H11N3O3/c12-6-8-1-2-10(14(16)17)11(5-8)13-4-3-9(15)7-13/h1-2,5,9,15H,3-4,7H2. The molecule has 1 heterocycles. The molecule has 1 aliphatic rings. The van der Waals surface area contributed by atoms with Gasteiger partial charge in [0, 0.05) is 19.2 Å². The molecule has 0 spiro atoms. The summed E-state index contributed by atoms with van der Waals surface area (Å²) in [5.74, 6) is 0. The highest BCUT2D eigenvalue weighted by Crippen LogP contribution is 2.31. The summed E-state index contributed by atoms with van der Waals surface area (Å²) in [6.45, 7) is 0.937. The third kappa shape index (κ3) is 2.19. The van der Waals surface area contributed by atoms with Crippen molar-refractivity contribution in [2.45, 2.75) is 12.5 Å². The predicted octanol–water partition coefficient (Wildman–Crippen LogP) is 1.04. The quantitative estimate of drug-likeness (QED) is 0.608. The molecule has 88 valence electrons. The minimum absolute atomic E-state index is 0.0295. The van der Waals surface area contributed by atoms with Gasteiger partial charge in [-0.25, -0.2) is 0 Å². The minimum atomic E-state index is -0.471. The fraction of sp³-hybridized carbons (Fsp3) is 0.364. The number of nitro benzene ring substituents is 1. The first-order valence-corrected chi connectivity index (χ1v) is 5.23. The highest BCUT2D eigenvalue weighted by atomic mass is 16.6. The molecule has 0 aromatic heterocycles. The van der Waals surface area contributed by atoms with Crippen LogP contribution in [0.15, 0.2) is 18.2 Å². The number of aliphatic hydroxyl groups is 1. The van der Waals surface area contributed by atoms with Crippen LogP contribution in [0.5, 0.6) is 0 Å². The van der Waals surface area contributed by atoms with E-state index in [1.54, 1.807) is 4.90 Å². The van der Waals surface area contributed by atoms with E-state index < -0.39 is 11.0 Å². The van der Waals surface area contributed by atoms with E-state index in [-0.39, 0.29) is 5.69 Å². The molecule has 6 heteroatoms. The van der Waals surface area contributed by atoms with Crippen molar-refractivity contribution >= 4 is 11.4 Å². The number of nitro groups is 1. The van der Waals surface area contributed by atoms with Crippen LogP contribution < -0.4 is 4.90 Å². The van der Waals surface area contributed by atoms with Crippen LogP contribution in [0, 0.1) is 21.4 Å². The molecule has 0 bridgehead atoms. The normalized spacial score (nSPS) is 19.1. The third-order valence-corrected chi connectivity index (χ3v) is 2.81. The van der Waals surface area contributed by atoms with Crippen molar-refractivity contribution in [3.63, 3.8) is 0 Å². The molecular weight excluding hydrogens is 222 g/mol. The lowest BCUT2D eigenvalue weighted by atomic mass is 10.1. The molecule has 0 amide bonds. The van der Waals surface area contributed by atoms with Gasteiger partial charge in [-0.1, -0.05) is 0 Å². The maximum atomic E-state index is 10.9. The lowest BCUT2D eigenvalue weighted by molar-refractivity contribution is -0.384. The molecule has 0 radical (unpaired) electrons. The molecule has 1 aliphatic heterocycles. The minimum Gasteiger partial charge on any atom is -0.391 e. The molecule has 1 aromatic carbocycles. The zero-order valence-electron chi connectivity index (χ0n) is 9.04. The molecule has 0 aliphatic carbocycles. The van der Waals surface area contributed by atoms with Gasteiger partial charge in [-0.05, 0) is 18.6 Å². The average Bonchev–Trinajstić information content (AvgIpc) is 2.75. The Morgan fingerprint density at radius 2 is 2.35 bits per heavy atom. The molecule has 1 unspecified atom stereocenters. The molecule has 2 rings (SSSR count). The maximum Gasteiger partial charge on any atom is 0.292 e. The molecule has 1 atom stereocenters. The van der Waals surface area contributed by atoms with Crippen LogP contribution in [0.4, 0.5) is 11.4 Å². The number of β-amino-alcohol motifs (C(OH)–C–C–N with tert-alkyl or cyclic N) is 1. The van der Waals surface area contributed by atoms with Gasteiger partial charge in [0.2, 0.25) is 0 Å². The molecule has 1 fully saturated rings. The topological polar surface area (TPSA) is 90.4 Å². The van der Waals surface area contributed by atoms with Crippen LogP contribution in [-0.2, 0) is 0 Å². The van der Waals surface area contributed by atoms with Crippen LogP contribution in [-0.4, -0.2) is 29.2 Å². The van der Waals surface area contributed by atoms with Crippen LogP contribution in [0.2, 0.25) is 0 Å². The Kier molecular flexibility index (Phi) is 2.93. The van der Waals surface area contributed by atoms with Gasteiger partial charge in [-0.2, -0.15) is 5.26 Å². The van der Waals surface area contributed by atoms with Gasteiger partial charge in [0.05, 0.1) is 22.7 Å². The number of benzene rings is 1. The number of aliphatic hydroxyl groups excluding tert-OH is 1. The Morgan fingerprint density at radius 1 is 1.59 bits per heavy atom. The van der Waals surface area contributed by atoms with Gasteiger partial charge in [0.15, 0.2) is 0 Å². The van der Waals surface area contributed by atoms with Crippen molar-refractivity contribution in [3.8, 4) is 6.07 Å². The summed E-state index contributed by atoms with van der Waals surface area (Å²) in [5.41, 5.74) is 0.760. The fourth-order valence-corrected chi connectivity index (χ4v) is 1.96. The largest absolute Gasteiger partial charge is 0.391 e. The second kappa shape index (κ2) is 4.39. The van der Waals surface area contributed by atoms with E-state index in [9.17, 15) is 15.2 Å². The predicted molar refractivity (Wildman–Crippen MR) is 60.6 cm³/mol. The van der Waals surface area contributed by atoms with Crippen molar-refractivity contribution in [2.75, 3.05) is 18.0 Å². The summed E-state index contributed by atoms with van der Waals surface area (Å²) >= 11 is 0. The molecule has 1 saturated heterocycles. The Morgan fingerprint density at radius 3 is 2.88 bits per heavy atom. The summed E-state index contributed by atoms with van der Waals surface area (Å²) in [4.78, 5) is 12.2. The average molecular weight is 233 g/mol. The number of nitriles is 1. The highest BCUT2D eigenvalue weighted by Gasteiger charge is 2.26. The molecule has 1 N–H and O–H groups in total. The first-order chi connectivity index (χ1) is 8.11. The number of hydrogen-bond acceptors (Lipinski definition) is 5. The third-order valence-electron chi connectivity index (χ3n) is 2.81. The SMILES string of the molecule is N#Cc1ccc([N+](=O)[O-])c(N2CCC(O)C2)c1. The van der Waals surface area contributed by atoms with E-state index in [2.05, 4.69) is 0 Å². The summed E-state index contributed by atoms with van der Waals surface area (Å²) in [5, 5.41) is 29.1. The van der Waals surface area contributed by atoms with Crippen LogP contribution >= 0.6 is 0 Å². The molecule has 1 aromatic rings. The second-order valence-corrected chi connectivity index (χ2v) is 3.96. The Bertz CT molecular complexity index is 495. The van der Waals surface area contributed by atoms with E-state index in [1.165, 1.54) is 18.2 Å². The summed E-state index contributed by atoms with van der Waals surface area (Å²) in [6, 6.07) is 6.21. The van der Waals surface area contributed by atoms with Crippen molar-refractivity contribution in [3.05, 3.63) is 33.9 Å². The first-order valence-electron chi connectivity index (χ1n) is 5.23. The zero-order chi connectivity index (χ0) is 12.4. The van der Waals surface area contributed by atoms with Crippen LogP contribution in [0.3, 0.4) is 0 Å². The van der Waals surface area contributed by atoms with E-state index in [0.717, 1.165) is 0 Å². The number of anilines is 1. The van der Waals surface area contributed by atoms with Gasteiger partial charge in [0.25, 0.3) is 5.69 Å². The second-order valence-electron chi connectivity index (χ2n) is 3.96. The van der Waals surface area contributed by atoms with Crippen molar-refractivity contribution in [1.29, 1.82) is 5.26 Å². The summed E-state index contributed by atoms with van der Waals surface area (Å²) < 4.78 is 0. The summed E-state index contributed by atoms with van der Waals surface area (Å²) in [6.07, 6.45) is 0.133. The van der Waals surface area contributed by atoms with Crippen molar-refractivity contribution < 1.29 is 10.0 Å². The fourth-order valence-electron chi connectivity index (χ4n) is 1.96.